The number of carbonyl (C=O) groups is 1. The first-order chi connectivity index (χ1) is 5.61. The molecular weight excluding hydrogens is 158 g/mol. The molecule has 1 rings (SSSR count). The Labute approximate surface area is 69.5 Å². The van der Waals surface area contributed by atoms with Gasteiger partial charge < -0.3 is 15.0 Å². The Balaban J connectivity index is 3.04. The highest BCUT2D eigenvalue weighted by atomic mass is 16.4. The fraction of sp³-hybridized carbons (Fsp3) is 0.250. The zero-order valence-corrected chi connectivity index (χ0v) is 6.52. The smallest absolute Gasteiger partial charge is 0.0932 e. The van der Waals surface area contributed by atoms with Gasteiger partial charge in [0.1, 0.15) is 0 Å². The Morgan fingerprint density at radius 3 is 2.83 bits per heavy atom. The van der Waals surface area contributed by atoms with E-state index in [9.17, 15) is 9.90 Å². The van der Waals surface area contributed by atoms with Crippen LogP contribution in [0.25, 0.3) is 0 Å². The van der Waals surface area contributed by atoms with E-state index in [1.54, 1.807) is 6.07 Å². The van der Waals surface area contributed by atoms with Gasteiger partial charge >= 0.3 is 0 Å². The zero-order valence-electron chi connectivity index (χ0n) is 6.52. The van der Waals surface area contributed by atoms with Crippen molar-refractivity contribution in [2.24, 2.45) is 0 Å². The maximum atomic E-state index is 10.3. The molecule has 0 fully saturated rings. The van der Waals surface area contributed by atoms with Crippen LogP contribution in [0.15, 0.2) is 18.2 Å². The van der Waals surface area contributed by atoms with Crippen molar-refractivity contribution in [1.29, 1.82) is 0 Å². The third kappa shape index (κ3) is 1.79. The van der Waals surface area contributed by atoms with Crippen molar-refractivity contribution in [3.63, 3.8) is 0 Å². The van der Waals surface area contributed by atoms with Crippen LogP contribution in [0.3, 0.4) is 0 Å². The topological polar surface area (TPSA) is 73.2 Å². The fourth-order valence-electron chi connectivity index (χ4n) is 0.798. The lowest BCUT2D eigenvalue weighted by Crippen LogP contribution is -2.23. The van der Waals surface area contributed by atoms with Crippen molar-refractivity contribution in [3.05, 3.63) is 29.6 Å². The molecule has 1 N–H and O–H groups in total. The number of aliphatic hydroxyl groups excluding tert-OH is 1. The molecule has 0 bridgehead atoms. The molecule has 1 aromatic heterocycles. The number of nitrogens with zero attached hydrogens (tertiary/aromatic N) is 1. The van der Waals surface area contributed by atoms with Gasteiger partial charge in [-0.2, -0.15) is 0 Å². The fourth-order valence-corrected chi connectivity index (χ4v) is 0.798. The van der Waals surface area contributed by atoms with Gasteiger partial charge in [-0.05, 0) is 19.1 Å². The minimum Gasteiger partial charge on any atom is -0.543 e. The third-order valence-corrected chi connectivity index (χ3v) is 1.41. The van der Waals surface area contributed by atoms with E-state index in [4.69, 9.17) is 5.11 Å². The average Bonchev–Trinajstić information content (AvgIpc) is 2.04. The van der Waals surface area contributed by atoms with Crippen LogP contribution < -0.4 is 5.11 Å². The molecule has 0 saturated carbocycles. The first-order valence-electron chi connectivity index (χ1n) is 3.47. The summed E-state index contributed by atoms with van der Waals surface area (Å²) in [6, 6.07) is 4.39. The van der Waals surface area contributed by atoms with Gasteiger partial charge in [-0.1, -0.05) is 6.07 Å². The number of hydrogen-bond donors (Lipinski definition) is 1. The van der Waals surface area contributed by atoms with E-state index in [0.717, 1.165) is 0 Å². The molecule has 1 aromatic rings. The molecule has 0 aliphatic heterocycles. The highest BCUT2D eigenvalue weighted by molar-refractivity contribution is 5.83. The normalized spacial score (nSPS) is 12.5. The van der Waals surface area contributed by atoms with Crippen LogP contribution in [0.1, 0.15) is 29.2 Å². The van der Waals surface area contributed by atoms with Gasteiger partial charge in [-0.15, -0.1) is 0 Å². The van der Waals surface area contributed by atoms with E-state index < -0.39 is 12.1 Å². The molecule has 64 valence electrons. The number of carboxylic acids is 1. The van der Waals surface area contributed by atoms with Crippen LogP contribution in [0.4, 0.5) is 0 Å². The van der Waals surface area contributed by atoms with Gasteiger partial charge in [0.05, 0.1) is 23.5 Å². The van der Waals surface area contributed by atoms with Gasteiger partial charge in [-0.3, -0.25) is 0 Å². The summed E-state index contributed by atoms with van der Waals surface area (Å²) in [5.41, 5.74) is 0.171. The molecule has 0 aromatic carbocycles. The second kappa shape index (κ2) is 3.32. The molecule has 4 nitrogen and oxygen atoms in total. The second-order valence-corrected chi connectivity index (χ2v) is 2.41. The molecule has 0 spiro atoms. The maximum Gasteiger partial charge on any atom is 0.0932 e. The van der Waals surface area contributed by atoms with E-state index in [1.807, 2.05) is 0 Å². The maximum absolute atomic E-state index is 10.3. The van der Waals surface area contributed by atoms with E-state index in [1.165, 1.54) is 19.1 Å². The summed E-state index contributed by atoms with van der Waals surface area (Å²) in [5.74, 6) is -1.34. The molecular formula is C8H8NO3-. The van der Waals surface area contributed by atoms with Crippen LogP contribution in [-0.4, -0.2) is 16.1 Å². The van der Waals surface area contributed by atoms with Gasteiger partial charge in [0.15, 0.2) is 0 Å². The van der Waals surface area contributed by atoms with Crippen LogP contribution >= 0.6 is 0 Å². The number of carboxylic acid groups (broad SMARTS) is 1. The van der Waals surface area contributed by atoms with Crippen molar-refractivity contribution in [2.75, 3.05) is 0 Å². The Hall–Kier alpha value is -1.42. The van der Waals surface area contributed by atoms with Gasteiger partial charge in [0.2, 0.25) is 0 Å². The zero-order chi connectivity index (χ0) is 9.14. The van der Waals surface area contributed by atoms with Crippen molar-refractivity contribution < 1.29 is 15.0 Å². The van der Waals surface area contributed by atoms with E-state index in [-0.39, 0.29) is 5.69 Å². The standard InChI is InChI=1S/C8H9NO3/c1-5(10)6-3-2-4-7(9-6)8(11)12/h2-5,10H,1H3,(H,11,12)/p-1. The molecule has 1 heterocycles. The molecule has 1 unspecified atom stereocenters. The largest absolute Gasteiger partial charge is 0.543 e. The SMILES string of the molecule is CC(O)c1cccc(C(=O)[O-])n1. The number of pyridine rings is 1. The van der Waals surface area contributed by atoms with E-state index in [0.29, 0.717) is 5.69 Å². The van der Waals surface area contributed by atoms with Crippen LogP contribution in [0, 0.1) is 0 Å². The molecule has 0 amide bonds. The predicted octanol–water partition coefficient (Wildman–Crippen LogP) is -0.502. The van der Waals surface area contributed by atoms with E-state index in [2.05, 4.69) is 4.98 Å². The van der Waals surface area contributed by atoms with Gasteiger partial charge in [0.25, 0.3) is 0 Å². The van der Waals surface area contributed by atoms with Crippen LogP contribution in [0.2, 0.25) is 0 Å². The Bertz CT molecular complexity index is 296. The first kappa shape index (κ1) is 8.67. The van der Waals surface area contributed by atoms with Crippen LogP contribution in [-0.2, 0) is 0 Å². The highest BCUT2D eigenvalue weighted by Crippen LogP contribution is 2.08. The minimum atomic E-state index is -1.34. The number of carbonyl (C=O) groups excluding carboxylic acids is 1. The number of aliphatic hydroxyl groups is 1. The summed E-state index contributed by atoms with van der Waals surface area (Å²) in [4.78, 5) is 14.0. The lowest BCUT2D eigenvalue weighted by Gasteiger charge is -2.06. The Kier molecular flexibility index (Phi) is 2.40. The molecule has 1 atom stereocenters. The number of rotatable bonds is 2. The van der Waals surface area contributed by atoms with Gasteiger partial charge in [-0.25, -0.2) is 4.98 Å². The quantitative estimate of drug-likeness (QED) is 0.642. The van der Waals surface area contributed by atoms with Crippen molar-refractivity contribution in [1.82, 2.24) is 4.98 Å². The summed E-state index contributed by atoms with van der Waals surface area (Å²) in [5, 5.41) is 19.4. The van der Waals surface area contributed by atoms with Gasteiger partial charge in [0, 0.05) is 0 Å². The summed E-state index contributed by atoms with van der Waals surface area (Å²) in [6.07, 6.45) is -0.760. The summed E-state index contributed by atoms with van der Waals surface area (Å²) in [6.45, 7) is 1.52. The van der Waals surface area contributed by atoms with Crippen molar-refractivity contribution in [3.8, 4) is 0 Å². The van der Waals surface area contributed by atoms with Crippen molar-refractivity contribution in [2.45, 2.75) is 13.0 Å². The summed E-state index contributed by atoms with van der Waals surface area (Å²) in [7, 11) is 0. The molecule has 0 saturated heterocycles. The molecule has 0 aliphatic carbocycles. The Morgan fingerprint density at radius 2 is 2.33 bits per heavy atom. The summed E-state index contributed by atoms with van der Waals surface area (Å²) >= 11 is 0. The number of aromatic carboxylic acids is 1. The monoisotopic (exact) mass is 166 g/mol. The lowest BCUT2D eigenvalue weighted by molar-refractivity contribution is -0.255. The number of hydrogen-bond acceptors (Lipinski definition) is 4. The number of aromatic nitrogens is 1. The molecule has 4 heteroatoms. The lowest BCUT2D eigenvalue weighted by atomic mass is 10.2. The molecule has 0 aliphatic rings. The van der Waals surface area contributed by atoms with E-state index >= 15 is 0 Å². The molecule has 0 radical (unpaired) electrons. The average molecular weight is 166 g/mol. The molecule has 12 heavy (non-hydrogen) atoms. The third-order valence-electron chi connectivity index (χ3n) is 1.41. The Morgan fingerprint density at radius 1 is 1.67 bits per heavy atom. The van der Waals surface area contributed by atoms with Crippen molar-refractivity contribution >= 4 is 5.97 Å². The first-order valence-corrected chi connectivity index (χ1v) is 3.47. The second-order valence-electron chi connectivity index (χ2n) is 2.41. The minimum absolute atomic E-state index is 0.159. The van der Waals surface area contributed by atoms with Crippen LogP contribution in [0.5, 0.6) is 0 Å². The highest BCUT2D eigenvalue weighted by Gasteiger charge is 2.02. The summed E-state index contributed by atoms with van der Waals surface area (Å²) < 4.78 is 0. The predicted molar refractivity (Wildman–Crippen MR) is 39.2 cm³/mol.